The number of benzene rings is 4. The summed E-state index contributed by atoms with van der Waals surface area (Å²) in [6, 6.07) is 29.4. The van der Waals surface area contributed by atoms with Gasteiger partial charge in [0.1, 0.15) is 18.4 Å². The zero-order valence-electron chi connectivity index (χ0n) is 26.0. The average molecular weight is 642 g/mol. The number of nitrogens with one attached hydrogen (secondary N) is 1. The largest absolute Gasteiger partial charge is 0.352 e. The van der Waals surface area contributed by atoms with Gasteiger partial charge in [-0.05, 0) is 72.4 Å². The quantitative estimate of drug-likeness (QED) is 0.186. The van der Waals surface area contributed by atoms with Crippen molar-refractivity contribution in [3.63, 3.8) is 0 Å². The Morgan fingerprint density at radius 3 is 2.00 bits per heavy atom. The molecule has 1 unspecified atom stereocenters. The second-order valence-corrected chi connectivity index (χ2v) is 13.6. The van der Waals surface area contributed by atoms with Gasteiger partial charge >= 0.3 is 0 Å². The van der Waals surface area contributed by atoms with Gasteiger partial charge in [-0.1, -0.05) is 92.6 Å². The maximum Gasteiger partial charge on any atom is 0.264 e. The summed E-state index contributed by atoms with van der Waals surface area (Å²) in [5.41, 5.74) is 2.84. The molecule has 1 fully saturated rings. The number of carbonyl (C=O) groups is 2. The van der Waals surface area contributed by atoms with Crippen LogP contribution in [0.2, 0.25) is 0 Å². The molecule has 240 valence electrons. The molecule has 2 amide bonds. The number of rotatable bonds is 13. The van der Waals surface area contributed by atoms with Gasteiger partial charge in [0.05, 0.1) is 10.6 Å². The van der Waals surface area contributed by atoms with Crippen molar-refractivity contribution in [2.75, 3.05) is 10.8 Å². The highest BCUT2D eigenvalue weighted by atomic mass is 32.2. The summed E-state index contributed by atoms with van der Waals surface area (Å²) in [6.07, 6.45) is 4.78. The molecule has 9 heteroatoms. The van der Waals surface area contributed by atoms with Gasteiger partial charge in [0.25, 0.3) is 10.0 Å². The third-order valence-electron chi connectivity index (χ3n) is 8.48. The fraction of sp³-hybridized carbons (Fsp3) is 0.297. The van der Waals surface area contributed by atoms with Crippen molar-refractivity contribution < 1.29 is 22.4 Å². The minimum atomic E-state index is -4.17. The molecule has 1 atom stereocenters. The van der Waals surface area contributed by atoms with Gasteiger partial charge in [-0.3, -0.25) is 13.9 Å². The first-order valence-electron chi connectivity index (χ1n) is 15.8. The highest BCUT2D eigenvalue weighted by molar-refractivity contribution is 7.92. The van der Waals surface area contributed by atoms with E-state index < -0.39 is 34.3 Å². The second kappa shape index (κ2) is 15.2. The van der Waals surface area contributed by atoms with E-state index in [9.17, 15) is 22.4 Å². The minimum Gasteiger partial charge on any atom is -0.352 e. The van der Waals surface area contributed by atoms with Crippen LogP contribution < -0.4 is 9.62 Å². The van der Waals surface area contributed by atoms with Crippen LogP contribution in [0.15, 0.2) is 114 Å². The highest BCUT2D eigenvalue weighted by Gasteiger charge is 2.35. The lowest BCUT2D eigenvalue weighted by molar-refractivity contribution is -0.140. The van der Waals surface area contributed by atoms with Crippen molar-refractivity contribution in [3.8, 4) is 0 Å². The van der Waals surface area contributed by atoms with Gasteiger partial charge in [0, 0.05) is 19.0 Å². The zero-order valence-corrected chi connectivity index (χ0v) is 26.8. The normalized spacial score (nSPS) is 14.0. The molecule has 0 saturated heterocycles. The smallest absolute Gasteiger partial charge is 0.264 e. The molecule has 1 aliphatic carbocycles. The SMILES string of the molecule is CCc1ccc(N(CC(=O)N(Cc2ccc(F)cc2)C(Cc2ccccc2)C(=O)NC2CCCC2)S(=O)(=O)c2ccccc2)cc1. The molecule has 1 aliphatic rings. The van der Waals surface area contributed by atoms with Crippen molar-refractivity contribution in [2.24, 2.45) is 0 Å². The maximum absolute atomic E-state index is 14.5. The van der Waals surface area contributed by atoms with E-state index in [1.54, 1.807) is 42.5 Å². The van der Waals surface area contributed by atoms with Crippen molar-refractivity contribution in [3.05, 3.63) is 132 Å². The van der Waals surface area contributed by atoms with Crippen molar-refractivity contribution in [1.29, 1.82) is 0 Å². The van der Waals surface area contributed by atoms with Crippen LogP contribution in [-0.2, 0) is 39.0 Å². The Hall–Kier alpha value is -4.50. The lowest BCUT2D eigenvalue weighted by atomic mass is 10.0. The third-order valence-corrected chi connectivity index (χ3v) is 10.3. The molecule has 4 aromatic carbocycles. The number of nitrogens with zero attached hydrogens (tertiary/aromatic N) is 2. The predicted molar refractivity (Wildman–Crippen MR) is 178 cm³/mol. The van der Waals surface area contributed by atoms with Crippen molar-refractivity contribution >= 4 is 27.5 Å². The molecule has 0 radical (unpaired) electrons. The van der Waals surface area contributed by atoms with E-state index in [1.807, 2.05) is 49.4 Å². The Bertz CT molecular complexity index is 1690. The van der Waals surface area contributed by atoms with E-state index in [2.05, 4.69) is 5.32 Å². The third kappa shape index (κ3) is 8.20. The lowest BCUT2D eigenvalue weighted by Gasteiger charge is -2.34. The first-order valence-corrected chi connectivity index (χ1v) is 17.2. The molecule has 5 rings (SSSR count). The monoisotopic (exact) mass is 641 g/mol. The Balaban J connectivity index is 1.55. The van der Waals surface area contributed by atoms with Gasteiger partial charge in [-0.2, -0.15) is 0 Å². The molecule has 0 spiro atoms. The molecule has 0 bridgehead atoms. The molecular formula is C37H40FN3O4S. The topological polar surface area (TPSA) is 86.8 Å². The summed E-state index contributed by atoms with van der Waals surface area (Å²) in [6.45, 7) is 1.46. The number of amides is 2. The summed E-state index contributed by atoms with van der Waals surface area (Å²) in [5.74, 6) is -1.26. The number of hydrogen-bond donors (Lipinski definition) is 1. The molecule has 4 aromatic rings. The van der Waals surface area contributed by atoms with E-state index in [4.69, 9.17) is 0 Å². The Morgan fingerprint density at radius 2 is 1.39 bits per heavy atom. The van der Waals surface area contributed by atoms with Crippen LogP contribution in [-0.4, -0.2) is 43.8 Å². The summed E-state index contributed by atoms with van der Waals surface area (Å²) in [7, 11) is -4.17. The summed E-state index contributed by atoms with van der Waals surface area (Å²) >= 11 is 0. The van der Waals surface area contributed by atoms with Crippen LogP contribution in [0, 0.1) is 5.82 Å². The highest BCUT2D eigenvalue weighted by Crippen LogP contribution is 2.26. The van der Waals surface area contributed by atoms with Crippen LogP contribution in [0.3, 0.4) is 0 Å². The fourth-order valence-electron chi connectivity index (χ4n) is 5.85. The molecule has 0 heterocycles. The number of aryl methyl sites for hydroxylation is 1. The summed E-state index contributed by atoms with van der Waals surface area (Å²) in [4.78, 5) is 30.1. The average Bonchev–Trinajstić information content (AvgIpc) is 3.60. The van der Waals surface area contributed by atoms with Gasteiger partial charge in [0.2, 0.25) is 11.8 Å². The van der Waals surface area contributed by atoms with Crippen molar-refractivity contribution in [2.45, 2.75) is 69.0 Å². The number of sulfonamides is 1. The van der Waals surface area contributed by atoms with Crippen LogP contribution >= 0.6 is 0 Å². The van der Waals surface area contributed by atoms with Crippen LogP contribution in [0.1, 0.15) is 49.3 Å². The molecule has 46 heavy (non-hydrogen) atoms. The first-order chi connectivity index (χ1) is 22.2. The van der Waals surface area contributed by atoms with Gasteiger partial charge in [0.15, 0.2) is 0 Å². The maximum atomic E-state index is 14.5. The predicted octanol–water partition coefficient (Wildman–Crippen LogP) is 6.28. The molecule has 1 saturated carbocycles. The van der Waals surface area contributed by atoms with E-state index in [-0.39, 0.29) is 29.8 Å². The fourth-order valence-corrected chi connectivity index (χ4v) is 7.29. The Labute approximate surface area is 271 Å². The van der Waals surface area contributed by atoms with E-state index >= 15 is 0 Å². The van der Waals surface area contributed by atoms with E-state index in [0.717, 1.165) is 47.5 Å². The summed E-state index contributed by atoms with van der Waals surface area (Å²) in [5, 5.41) is 3.16. The van der Waals surface area contributed by atoms with Crippen molar-refractivity contribution in [1.82, 2.24) is 10.2 Å². The number of halogens is 1. The minimum absolute atomic E-state index is 0.0112. The lowest BCUT2D eigenvalue weighted by Crippen LogP contribution is -2.54. The first kappa shape index (κ1) is 32.9. The number of carbonyl (C=O) groups excluding carboxylic acids is 2. The van der Waals surface area contributed by atoms with E-state index in [1.165, 1.54) is 29.2 Å². The van der Waals surface area contributed by atoms with E-state index in [0.29, 0.717) is 11.3 Å². The number of anilines is 1. The Kier molecular flexibility index (Phi) is 10.9. The molecule has 0 aromatic heterocycles. The zero-order chi connectivity index (χ0) is 32.5. The molecule has 0 aliphatic heterocycles. The van der Waals surface area contributed by atoms with Crippen LogP contribution in [0.4, 0.5) is 10.1 Å². The van der Waals surface area contributed by atoms with Gasteiger partial charge in [-0.15, -0.1) is 0 Å². The Morgan fingerprint density at radius 1 is 0.804 bits per heavy atom. The standard InChI is InChI=1S/C37H40FN3O4S/c1-2-28-19-23-33(24-20-28)41(46(44,45)34-15-7-4-8-16-34)27-36(42)40(26-30-17-21-31(38)22-18-30)35(25-29-11-5-3-6-12-29)37(43)39-32-13-9-10-14-32/h3-8,11-12,15-24,32,35H,2,9-10,13-14,25-27H2,1H3,(H,39,43). The van der Waals surface area contributed by atoms with Gasteiger partial charge in [-0.25, -0.2) is 12.8 Å². The second-order valence-electron chi connectivity index (χ2n) is 11.7. The summed E-state index contributed by atoms with van der Waals surface area (Å²) < 4.78 is 43.2. The van der Waals surface area contributed by atoms with Crippen LogP contribution in [0.5, 0.6) is 0 Å². The van der Waals surface area contributed by atoms with Gasteiger partial charge < -0.3 is 10.2 Å². The van der Waals surface area contributed by atoms with Crippen LogP contribution in [0.25, 0.3) is 0 Å². The molecule has 7 nitrogen and oxygen atoms in total. The molecular weight excluding hydrogens is 601 g/mol. The number of hydrogen-bond acceptors (Lipinski definition) is 4. The molecule has 1 N–H and O–H groups in total.